The lowest BCUT2D eigenvalue weighted by Crippen LogP contribution is -2.42. The van der Waals surface area contributed by atoms with Crippen molar-refractivity contribution in [3.05, 3.63) is 0 Å². The Morgan fingerprint density at radius 3 is 3.07 bits per heavy atom. The molecule has 1 heterocycles. The molecule has 0 radical (unpaired) electrons. The van der Waals surface area contributed by atoms with Crippen LogP contribution >= 0.6 is 0 Å². The maximum absolute atomic E-state index is 11.6. The SMILES string of the molecule is CCCCNC(=O)N1CCNC(=O)CC1. The molecule has 0 aromatic rings. The van der Waals surface area contributed by atoms with Crippen LogP contribution in [0, 0.1) is 0 Å². The number of nitrogens with one attached hydrogen (secondary N) is 2. The Hall–Kier alpha value is -1.26. The molecule has 0 spiro atoms. The van der Waals surface area contributed by atoms with Gasteiger partial charge < -0.3 is 15.5 Å². The summed E-state index contributed by atoms with van der Waals surface area (Å²) in [7, 11) is 0. The minimum absolute atomic E-state index is 0.0267. The van der Waals surface area contributed by atoms with Crippen LogP contribution in [-0.2, 0) is 4.79 Å². The van der Waals surface area contributed by atoms with Crippen molar-refractivity contribution in [1.29, 1.82) is 0 Å². The molecule has 2 N–H and O–H groups in total. The van der Waals surface area contributed by atoms with Crippen LogP contribution in [0.4, 0.5) is 4.79 Å². The maximum Gasteiger partial charge on any atom is 0.317 e. The maximum atomic E-state index is 11.6. The molecule has 1 aliphatic rings. The molecule has 0 atom stereocenters. The second kappa shape index (κ2) is 6.27. The lowest BCUT2D eigenvalue weighted by atomic mass is 10.3. The van der Waals surface area contributed by atoms with E-state index in [0.717, 1.165) is 12.8 Å². The predicted molar refractivity (Wildman–Crippen MR) is 57.5 cm³/mol. The smallest absolute Gasteiger partial charge is 0.317 e. The van der Waals surface area contributed by atoms with Gasteiger partial charge in [0.05, 0.1) is 0 Å². The van der Waals surface area contributed by atoms with Crippen molar-refractivity contribution in [3.8, 4) is 0 Å². The normalized spacial score (nSPS) is 16.9. The van der Waals surface area contributed by atoms with Crippen molar-refractivity contribution in [1.82, 2.24) is 15.5 Å². The first-order valence-electron chi connectivity index (χ1n) is 5.53. The van der Waals surface area contributed by atoms with Crippen LogP contribution in [-0.4, -0.2) is 43.0 Å². The number of carbonyl (C=O) groups is 2. The second-order valence-electron chi connectivity index (χ2n) is 3.67. The topological polar surface area (TPSA) is 61.4 Å². The number of nitrogens with zero attached hydrogens (tertiary/aromatic N) is 1. The van der Waals surface area contributed by atoms with Gasteiger partial charge in [-0.15, -0.1) is 0 Å². The van der Waals surface area contributed by atoms with E-state index in [1.807, 2.05) is 0 Å². The zero-order valence-corrected chi connectivity index (χ0v) is 9.21. The molecule has 5 nitrogen and oxygen atoms in total. The highest BCUT2D eigenvalue weighted by molar-refractivity contribution is 5.79. The van der Waals surface area contributed by atoms with Crippen molar-refractivity contribution in [2.45, 2.75) is 26.2 Å². The van der Waals surface area contributed by atoms with Gasteiger partial charge in [-0.25, -0.2) is 4.79 Å². The van der Waals surface area contributed by atoms with Gasteiger partial charge in [0, 0.05) is 32.6 Å². The number of amides is 3. The van der Waals surface area contributed by atoms with Crippen molar-refractivity contribution >= 4 is 11.9 Å². The number of hydrogen-bond donors (Lipinski definition) is 2. The van der Waals surface area contributed by atoms with E-state index in [9.17, 15) is 9.59 Å². The molecule has 0 saturated carbocycles. The number of rotatable bonds is 3. The Morgan fingerprint density at radius 1 is 1.53 bits per heavy atom. The Bertz CT molecular complexity index is 231. The van der Waals surface area contributed by atoms with E-state index < -0.39 is 0 Å². The third-order valence-corrected chi connectivity index (χ3v) is 2.41. The average Bonchev–Trinajstić information content (AvgIpc) is 2.43. The first-order valence-corrected chi connectivity index (χ1v) is 5.53. The first kappa shape index (κ1) is 11.8. The molecule has 1 fully saturated rings. The highest BCUT2D eigenvalue weighted by Crippen LogP contribution is 1.97. The van der Waals surface area contributed by atoms with E-state index in [4.69, 9.17) is 0 Å². The van der Waals surface area contributed by atoms with Crippen LogP contribution in [0.5, 0.6) is 0 Å². The monoisotopic (exact) mass is 213 g/mol. The largest absolute Gasteiger partial charge is 0.354 e. The summed E-state index contributed by atoms with van der Waals surface area (Å²) >= 11 is 0. The van der Waals surface area contributed by atoms with Gasteiger partial charge in [-0.3, -0.25) is 4.79 Å². The molecular weight excluding hydrogens is 194 g/mol. The molecule has 1 rings (SSSR count). The number of carbonyl (C=O) groups excluding carboxylic acids is 2. The summed E-state index contributed by atoms with van der Waals surface area (Å²) in [6, 6.07) is -0.0556. The lowest BCUT2D eigenvalue weighted by molar-refractivity contribution is -0.120. The number of unbranched alkanes of at least 4 members (excludes halogenated alkanes) is 1. The lowest BCUT2D eigenvalue weighted by Gasteiger charge is -2.19. The van der Waals surface area contributed by atoms with Gasteiger partial charge in [-0.2, -0.15) is 0 Å². The van der Waals surface area contributed by atoms with Crippen LogP contribution in [0.2, 0.25) is 0 Å². The second-order valence-corrected chi connectivity index (χ2v) is 3.67. The summed E-state index contributed by atoms with van der Waals surface area (Å²) in [4.78, 5) is 24.3. The number of hydrogen-bond acceptors (Lipinski definition) is 2. The zero-order valence-electron chi connectivity index (χ0n) is 9.21. The van der Waals surface area contributed by atoms with Crippen LogP contribution in [0.25, 0.3) is 0 Å². The molecule has 0 aromatic heterocycles. The van der Waals surface area contributed by atoms with Crippen molar-refractivity contribution in [2.75, 3.05) is 26.2 Å². The minimum Gasteiger partial charge on any atom is -0.354 e. The molecule has 1 saturated heterocycles. The van der Waals surface area contributed by atoms with E-state index in [2.05, 4.69) is 17.6 Å². The van der Waals surface area contributed by atoms with Crippen LogP contribution < -0.4 is 10.6 Å². The number of urea groups is 1. The summed E-state index contributed by atoms with van der Waals surface area (Å²) in [5.41, 5.74) is 0. The molecule has 3 amide bonds. The molecule has 0 bridgehead atoms. The summed E-state index contributed by atoms with van der Waals surface area (Å²) in [6.45, 7) is 4.47. The Labute approximate surface area is 90.2 Å². The third-order valence-electron chi connectivity index (χ3n) is 2.41. The molecule has 5 heteroatoms. The van der Waals surface area contributed by atoms with E-state index in [0.29, 0.717) is 32.6 Å². The quantitative estimate of drug-likeness (QED) is 0.663. The zero-order chi connectivity index (χ0) is 11.1. The molecular formula is C10H19N3O2. The summed E-state index contributed by atoms with van der Waals surface area (Å²) < 4.78 is 0. The fourth-order valence-corrected chi connectivity index (χ4v) is 1.45. The predicted octanol–water partition coefficient (Wildman–Crippen LogP) is 0.318. The van der Waals surface area contributed by atoms with Crippen molar-refractivity contribution in [3.63, 3.8) is 0 Å². The highest BCUT2D eigenvalue weighted by Gasteiger charge is 2.17. The first-order chi connectivity index (χ1) is 7.24. The van der Waals surface area contributed by atoms with Crippen molar-refractivity contribution in [2.24, 2.45) is 0 Å². The molecule has 15 heavy (non-hydrogen) atoms. The van der Waals surface area contributed by atoms with Gasteiger partial charge in [0.25, 0.3) is 0 Å². The van der Waals surface area contributed by atoms with Gasteiger partial charge in [-0.05, 0) is 6.42 Å². The fraction of sp³-hybridized carbons (Fsp3) is 0.800. The molecule has 0 unspecified atom stereocenters. The molecule has 0 aliphatic carbocycles. The van der Waals surface area contributed by atoms with Gasteiger partial charge in [0.2, 0.25) is 5.91 Å². The van der Waals surface area contributed by atoms with Gasteiger partial charge in [0.1, 0.15) is 0 Å². The fourth-order valence-electron chi connectivity index (χ4n) is 1.45. The standard InChI is InChI=1S/C10H19N3O2/c1-2-3-5-12-10(15)13-7-4-9(14)11-6-8-13/h2-8H2,1H3,(H,11,14)(H,12,15). The summed E-state index contributed by atoms with van der Waals surface area (Å²) in [5.74, 6) is 0.0267. The minimum atomic E-state index is -0.0556. The van der Waals surface area contributed by atoms with Crippen LogP contribution in [0.1, 0.15) is 26.2 Å². The summed E-state index contributed by atoms with van der Waals surface area (Å²) in [5, 5.41) is 5.58. The Kier molecular flexibility index (Phi) is 4.93. The van der Waals surface area contributed by atoms with E-state index in [-0.39, 0.29) is 11.9 Å². The van der Waals surface area contributed by atoms with Gasteiger partial charge >= 0.3 is 6.03 Å². The molecule has 1 aliphatic heterocycles. The Balaban J connectivity index is 2.28. The van der Waals surface area contributed by atoms with Gasteiger partial charge in [-0.1, -0.05) is 13.3 Å². The van der Waals surface area contributed by atoms with E-state index >= 15 is 0 Å². The molecule has 86 valence electrons. The average molecular weight is 213 g/mol. The van der Waals surface area contributed by atoms with Crippen LogP contribution in [0.15, 0.2) is 0 Å². The van der Waals surface area contributed by atoms with Gasteiger partial charge in [0.15, 0.2) is 0 Å². The van der Waals surface area contributed by atoms with E-state index in [1.54, 1.807) is 4.90 Å². The Morgan fingerprint density at radius 2 is 2.33 bits per heavy atom. The third kappa shape index (κ3) is 4.18. The molecule has 0 aromatic carbocycles. The van der Waals surface area contributed by atoms with E-state index in [1.165, 1.54) is 0 Å². The highest BCUT2D eigenvalue weighted by atomic mass is 16.2. The van der Waals surface area contributed by atoms with Crippen molar-refractivity contribution < 1.29 is 9.59 Å². The van der Waals surface area contributed by atoms with Crippen LogP contribution in [0.3, 0.4) is 0 Å². The summed E-state index contributed by atoms with van der Waals surface area (Å²) in [6.07, 6.45) is 2.47.